The number of rotatable bonds is 7. The molecule has 2 rings (SSSR count). The second-order valence-corrected chi connectivity index (χ2v) is 6.86. The van der Waals surface area contributed by atoms with Crippen molar-refractivity contribution in [1.29, 1.82) is 0 Å². The normalized spacial score (nSPS) is 11.9. The van der Waals surface area contributed by atoms with Gasteiger partial charge in [-0.25, -0.2) is 0 Å². The van der Waals surface area contributed by atoms with Gasteiger partial charge in [0.2, 0.25) is 0 Å². The Hall–Kier alpha value is -1.39. The maximum atomic E-state index is 11.3. The van der Waals surface area contributed by atoms with Crippen molar-refractivity contribution in [2.24, 2.45) is 0 Å². The summed E-state index contributed by atoms with van der Waals surface area (Å²) in [4.78, 5) is -0.0339. The molecule has 0 saturated heterocycles. The van der Waals surface area contributed by atoms with Crippen molar-refractivity contribution in [2.45, 2.75) is 50.3 Å². The molecule has 4 heteroatoms. The van der Waals surface area contributed by atoms with Crippen LogP contribution in [0.15, 0.2) is 41.3 Å². The van der Waals surface area contributed by atoms with Crippen molar-refractivity contribution in [3.63, 3.8) is 0 Å². The number of hydrogen-bond donors (Lipinski definition) is 1. The highest BCUT2D eigenvalue weighted by molar-refractivity contribution is 7.85. The van der Waals surface area contributed by atoms with Gasteiger partial charge in [0.15, 0.2) is 0 Å². The van der Waals surface area contributed by atoms with Gasteiger partial charge in [0.05, 0.1) is 4.90 Å². The summed E-state index contributed by atoms with van der Waals surface area (Å²) in [5, 5.41) is 1.93. The van der Waals surface area contributed by atoms with Crippen molar-refractivity contribution in [1.82, 2.24) is 0 Å². The van der Waals surface area contributed by atoms with E-state index in [0.29, 0.717) is 0 Å². The maximum absolute atomic E-state index is 11.3. The van der Waals surface area contributed by atoms with E-state index >= 15 is 0 Å². The van der Waals surface area contributed by atoms with Crippen LogP contribution in [0, 0.1) is 0 Å². The van der Waals surface area contributed by atoms with E-state index < -0.39 is 10.1 Å². The van der Waals surface area contributed by atoms with E-state index in [2.05, 4.69) is 6.92 Å². The zero-order valence-electron chi connectivity index (χ0n) is 12.4. The average molecular weight is 306 g/mol. The van der Waals surface area contributed by atoms with E-state index in [1.165, 1.54) is 31.7 Å². The van der Waals surface area contributed by atoms with Crippen LogP contribution >= 0.6 is 0 Å². The van der Waals surface area contributed by atoms with Gasteiger partial charge in [-0.1, -0.05) is 56.9 Å². The first-order valence-corrected chi connectivity index (χ1v) is 8.95. The molecule has 0 amide bonds. The van der Waals surface area contributed by atoms with Crippen molar-refractivity contribution in [2.75, 3.05) is 0 Å². The number of hydrogen-bond acceptors (Lipinski definition) is 2. The predicted octanol–water partition coefficient (Wildman–Crippen LogP) is 4.60. The molecular formula is C17H22O3S. The first-order chi connectivity index (χ1) is 10.0. The highest BCUT2D eigenvalue weighted by Gasteiger charge is 2.11. The van der Waals surface area contributed by atoms with Crippen LogP contribution in [0.4, 0.5) is 0 Å². The van der Waals surface area contributed by atoms with E-state index in [0.717, 1.165) is 29.2 Å². The number of aryl methyl sites for hydroxylation is 1. The van der Waals surface area contributed by atoms with Crippen LogP contribution in [-0.4, -0.2) is 13.0 Å². The predicted molar refractivity (Wildman–Crippen MR) is 86.2 cm³/mol. The number of fused-ring (bicyclic) bond motifs is 1. The molecule has 2 aromatic carbocycles. The van der Waals surface area contributed by atoms with Crippen LogP contribution in [0.3, 0.4) is 0 Å². The molecule has 0 fully saturated rings. The molecule has 0 heterocycles. The fourth-order valence-electron chi connectivity index (χ4n) is 2.61. The molecular weight excluding hydrogens is 284 g/mol. The van der Waals surface area contributed by atoms with E-state index in [9.17, 15) is 13.0 Å². The first-order valence-electron chi connectivity index (χ1n) is 7.51. The van der Waals surface area contributed by atoms with Crippen LogP contribution in [0.1, 0.15) is 44.6 Å². The van der Waals surface area contributed by atoms with Gasteiger partial charge in [-0.05, 0) is 41.3 Å². The molecule has 0 aromatic heterocycles. The average Bonchev–Trinajstić information content (AvgIpc) is 2.45. The van der Waals surface area contributed by atoms with Crippen LogP contribution in [0.25, 0.3) is 10.8 Å². The molecule has 0 aliphatic rings. The molecule has 0 bridgehead atoms. The Morgan fingerprint density at radius 3 is 2.48 bits per heavy atom. The van der Waals surface area contributed by atoms with Crippen molar-refractivity contribution >= 4 is 20.9 Å². The summed E-state index contributed by atoms with van der Waals surface area (Å²) < 4.78 is 31.7. The van der Waals surface area contributed by atoms with Crippen molar-refractivity contribution < 1.29 is 13.0 Å². The summed E-state index contributed by atoms with van der Waals surface area (Å²) in [5.41, 5.74) is 1.15. The Kier molecular flexibility index (Phi) is 5.37. The largest absolute Gasteiger partial charge is 0.294 e. The van der Waals surface area contributed by atoms with Gasteiger partial charge in [0.1, 0.15) is 0 Å². The minimum atomic E-state index is -4.14. The monoisotopic (exact) mass is 306 g/mol. The van der Waals surface area contributed by atoms with Crippen LogP contribution in [-0.2, 0) is 16.5 Å². The molecule has 0 aliphatic carbocycles. The molecule has 0 unspecified atom stereocenters. The SMILES string of the molecule is CCCCCCCc1cccc2ccc(S(=O)(=O)O)cc12. The summed E-state index contributed by atoms with van der Waals surface area (Å²) in [6.07, 6.45) is 6.99. The van der Waals surface area contributed by atoms with Gasteiger partial charge in [-0.2, -0.15) is 8.42 Å². The topological polar surface area (TPSA) is 54.4 Å². The molecule has 0 atom stereocenters. The quantitative estimate of drug-likeness (QED) is 0.601. The van der Waals surface area contributed by atoms with E-state index in [1.54, 1.807) is 12.1 Å². The summed E-state index contributed by atoms with van der Waals surface area (Å²) in [5.74, 6) is 0. The lowest BCUT2D eigenvalue weighted by Crippen LogP contribution is -1.98. The second-order valence-electron chi connectivity index (χ2n) is 5.44. The molecule has 114 valence electrons. The Morgan fingerprint density at radius 2 is 1.76 bits per heavy atom. The maximum Gasteiger partial charge on any atom is 0.294 e. The van der Waals surface area contributed by atoms with Gasteiger partial charge in [-0.3, -0.25) is 4.55 Å². The smallest absolute Gasteiger partial charge is 0.282 e. The minimum Gasteiger partial charge on any atom is -0.282 e. The summed E-state index contributed by atoms with van der Waals surface area (Å²) >= 11 is 0. The van der Waals surface area contributed by atoms with Crippen molar-refractivity contribution in [3.8, 4) is 0 Å². The van der Waals surface area contributed by atoms with E-state index in [4.69, 9.17) is 0 Å². The molecule has 0 aliphatic heterocycles. The molecule has 2 aromatic rings. The standard InChI is InChI=1S/C17H22O3S/c1-2-3-4-5-6-8-14-9-7-10-15-11-12-16(13-17(14)15)21(18,19)20/h7,9-13H,2-6,8H2,1H3,(H,18,19,20). The summed E-state index contributed by atoms with van der Waals surface area (Å²) in [7, 11) is -4.14. The Bertz CT molecular complexity index is 705. The van der Waals surface area contributed by atoms with E-state index in [1.807, 2.05) is 18.2 Å². The molecule has 0 saturated carbocycles. The number of unbranched alkanes of at least 4 members (excludes halogenated alkanes) is 4. The Morgan fingerprint density at radius 1 is 1.00 bits per heavy atom. The number of benzene rings is 2. The molecule has 21 heavy (non-hydrogen) atoms. The molecule has 3 nitrogen and oxygen atoms in total. The minimum absolute atomic E-state index is 0.0339. The highest BCUT2D eigenvalue weighted by Crippen LogP contribution is 2.24. The molecule has 0 spiro atoms. The van der Waals surface area contributed by atoms with Crippen LogP contribution < -0.4 is 0 Å². The van der Waals surface area contributed by atoms with Gasteiger partial charge in [0.25, 0.3) is 10.1 Å². The Labute approximate surface area is 126 Å². The third kappa shape index (κ3) is 4.29. The third-order valence-electron chi connectivity index (χ3n) is 3.79. The first kappa shape index (κ1) is 16.0. The Balaban J connectivity index is 2.22. The summed E-state index contributed by atoms with van der Waals surface area (Å²) in [6.45, 7) is 2.20. The summed E-state index contributed by atoms with van der Waals surface area (Å²) in [6, 6.07) is 10.8. The van der Waals surface area contributed by atoms with Gasteiger partial charge < -0.3 is 0 Å². The van der Waals surface area contributed by atoms with E-state index in [-0.39, 0.29) is 4.90 Å². The van der Waals surface area contributed by atoms with Crippen LogP contribution in [0.5, 0.6) is 0 Å². The fourth-order valence-corrected chi connectivity index (χ4v) is 3.12. The second kappa shape index (κ2) is 7.05. The lowest BCUT2D eigenvalue weighted by molar-refractivity contribution is 0.483. The highest BCUT2D eigenvalue weighted by atomic mass is 32.2. The molecule has 1 N–H and O–H groups in total. The fraction of sp³-hybridized carbons (Fsp3) is 0.412. The third-order valence-corrected chi connectivity index (χ3v) is 4.64. The van der Waals surface area contributed by atoms with Gasteiger partial charge >= 0.3 is 0 Å². The zero-order valence-corrected chi connectivity index (χ0v) is 13.2. The van der Waals surface area contributed by atoms with Crippen LogP contribution in [0.2, 0.25) is 0 Å². The van der Waals surface area contributed by atoms with Crippen molar-refractivity contribution in [3.05, 3.63) is 42.0 Å². The van der Waals surface area contributed by atoms with Gasteiger partial charge in [0, 0.05) is 0 Å². The lowest BCUT2D eigenvalue weighted by atomic mass is 9.99. The molecule has 0 radical (unpaired) electrons. The van der Waals surface area contributed by atoms with Gasteiger partial charge in [-0.15, -0.1) is 0 Å². The lowest BCUT2D eigenvalue weighted by Gasteiger charge is -2.08. The zero-order chi connectivity index (χ0) is 15.3.